The summed E-state index contributed by atoms with van der Waals surface area (Å²) in [5, 5.41) is 0. The largest absolute Gasteiger partial charge is 0.497 e. The molecular formula is C31H32O2. The van der Waals surface area contributed by atoms with Gasteiger partial charge in [-0.3, -0.25) is 0 Å². The fourth-order valence-electron chi connectivity index (χ4n) is 3.75. The molecule has 4 aromatic carbocycles. The van der Waals surface area contributed by atoms with E-state index in [2.05, 4.69) is 85.8 Å². The highest BCUT2D eigenvalue weighted by Gasteiger charge is 2.16. The van der Waals surface area contributed by atoms with Crippen LogP contribution in [-0.4, -0.2) is 14.2 Å². The molecule has 0 aliphatic rings. The van der Waals surface area contributed by atoms with Gasteiger partial charge in [-0.25, -0.2) is 0 Å². The Morgan fingerprint density at radius 3 is 1.15 bits per heavy atom. The predicted molar refractivity (Wildman–Crippen MR) is 140 cm³/mol. The Hall–Kier alpha value is -3.78. The molecular weight excluding hydrogens is 404 g/mol. The lowest BCUT2D eigenvalue weighted by atomic mass is 9.85. The van der Waals surface area contributed by atoms with Crippen LogP contribution in [0.5, 0.6) is 11.5 Å². The van der Waals surface area contributed by atoms with E-state index in [0.29, 0.717) is 0 Å². The summed E-state index contributed by atoms with van der Waals surface area (Å²) in [6.45, 7) is 6.11. The van der Waals surface area contributed by atoms with Crippen LogP contribution in [0.2, 0.25) is 0 Å². The summed E-state index contributed by atoms with van der Waals surface area (Å²) in [4.78, 5) is 0. The Bertz CT molecular complexity index is 1110. The van der Waals surface area contributed by atoms with Gasteiger partial charge in [0.2, 0.25) is 0 Å². The van der Waals surface area contributed by atoms with Gasteiger partial charge in [0.25, 0.3) is 0 Å². The van der Waals surface area contributed by atoms with E-state index in [4.69, 9.17) is 9.47 Å². The SMILES string of the molecule is CC.COc1ccc(C(=C(c2ccccc2)c2ccc(C)cc2)c2ccc(OC)cc2)cc1. The van der Waals surface area contributed by atoms with Crippen molar-refractivity contribution >= 4 is 11.1 Å². The van der Waals surface area contributed by atoms with Crippen molar-refractivity contribution in [3.05, 3.63) is 131 Å². The Labute approximate surface area is 198 Å². The summed E-state index contributed by atoms with van der Waals surface area (Å²) >= 11 is 0. The molecule has 0 fully saturated rings. The maximum absolute atomic E-state index is 5.40. The monoisotopic (exact) mass is 436 g/mol. The first kappa shape index (κ1) is 23.9. The summed E-state index contributed by atoms with van der Waals surface area (Å²) in [5.41, 5.74) is 8.21. The smallest absolute Gasteiger partial charge is 0.118 e. The molecule has 0 heterocycles. The van der Waals surface area contributed by atoms with Crippen LogP contribution in [-0.2, 0) is 0 Å². The molecule has 0 atom stereocenters. The normalized spacial score (nSPS) is 9.97. The first-order valence-corrected chi connectivity index (χ1v) is 11.3. The molecule has 33 heavy (non-hydrogen) atoms. The third-order valence-electron chi connectivity index (χ3n) is 5.41. The average Bonchev–Trinajstić information content (AvgIpc) is 2.90. The van der Waals surface area contributed by atoms with Gasteiger partial charge in [0.15, 0.2) is 0 Å². The molecule has 0 amide bonds. The number of methoxy groups -OCH3 is 2. The van der Waals surface area contributed by atoms with Crippen LogP contribution >= 0.6 is 0 Å². The number of rotatable bonds is 6. The van der Waals surface area contributed by atoms with Gasteiger partial charge in [0, 0.05) is 0 Å². The van der Waals surface area contributed by atoms with Crippen LogP contribution in [0, 0.1) is 6.92 Å². The fraction of sp³-hybridized carbons (Fsp3) is 0.161. The first-order chi connectivity index (χ1) is 16.2. The molecule has 4 aromatic rings. The Balaban J connectivity index is 0.00000149. The lowest BCUT2D eigenvalue weighted by Crippen LogP contribution is -1.98. The molecule has 0 bridgehead atoms. The van der Waals surface area contributed by atoms with Gasteiger partial charge in [-0.05, 0) is 64.6 Å². The fourth-order valence-corrected chi connectivity index (χ4v) is 3.75. The van der Waals surface area contributed by atoms with Crippen LogP contribution in [0.1, 0.15) is 41.7 Å². The zero-order valence-electron chi connectivity index (χ0n) is 20.1. The zero-order valence-corrected chi connectivity index (χ0v) is 20.1. The number of aryl methyl sites for hydroxylation is 1. The molecule has 0 N–H and O–H groups in total. The van der Waals surface area contributed by atoms with E-state index < -0.39 is 0 Å². The van der Waals surface area contributed by atoms with Crippen molar-refractivity contribution in [3.8, 4) is 11.5 Å². The molecule has 2 nitrogen and oxygen atoms in total. The molecule has 0 saturated heterocycles. The molecule has 168 valence electrons. The van der Waals surface area contributed by atoms with Crippen molar-refractivity contribution in [2.45, 2.75) is 20.8 Å². The van der Waals surface area contributed by atoms with E-state index in [0.717, 1.165) is 22.6 Å². The van der Waals surface area contributed by atoms with Crippen molar-refractivity contribution in [2.75, 3.05) is 14.2 Å². The maximum Gasteiger partial charge on any atom is 0.118 e. The highest BCUT2D eigenvalue weighted by molar-refractivity contribution is 6.04. The maximum atomic E-state index is 5.40. The average molecular weight is 437 g/mol. The highest BCUT2D eigenvalue weighted by atomic mass is 16.5. The molecule has 0 aromatic heterocycles. The second-order valence-electron chi connectivity index (χ2n) is 7.44. The van der Waals surface area contributed by atoms with Gasteiger partial charge in [0.05, 0.1) is 14.2 Å². The Morgan fingerprint density at radius 1 is 0.455 bits per heavy atom. The molecule has 0 saturated carbocycles. The highest BCUT2D eigenvalue weighted by Crippen LogP contribution is 2.37. The second-order valence-corrected chi connectivity index (χ2v) is 7.44. The molecule has 0 aliphatic carbocycles. The summed E-state index contributed by atoms with van der Waals surface area (Å²) in [6.07, 6.45) is 0. The number of hydrogen-bond acceptors (Lipinski definition) is 2. The minimum atomic E-state index is 0.842. The predicted octanol–water partition coefficient (Wildman–Crippen LogP) is 8.05. The van der Waals surface area contributed by atoms with E-state index in [-0.39, 0.29) is 0 Å². The summed E-state index contributed by atoms with van der Waals surface area (Å²) < 4.78 is 10.8. The number of hydrogen-bond donors (Lipinski definition) is 0. The Morgan fingerprint density at radius 2 is 0.788 bits per heavy atom. The first-order valence-electron chi connectivity index (χ1n) is 11.3. The molecule has 0 unspecified atom stereocenters. The van der Waals surface area contributed by atoms with E-state index in [1.54, 1.807) is 14.2 Å². The Kier molecular flexibility index (Phi) is 8.49. The topological polar surface area (TPSA) is 18.5 Å². The van der Waals surface area contributed by atoms with Crippen LogP contribution in [0.25, 0.3) is 11.1 Å². The molecule has 4 rings (SSSR count). The standard InChI is InChI=1S/C29H26O2.C2H6/c1-21-9-11-23(12-10-21)28(22-7-5-4-6-8-22)29(24-13-17-26(30-2)18-14-24)25-15-19-27(31-3)20-16-25;1-2/h4-20H,1-3H3;1-2H3. The summed E-state index contributed by atoms with van der Waals surface area (Å²) in [6, 6.07) is 35.8. The molecule has 0 spiro atoms. The quantitative estimate of drug-likeness (QED) is 0.285. The third-order valence-corrected chi connectivity index (χ3v) is 5.41. The van der Waals surface area contributed by atoms with E-state index in [1.165, 1.54) is 27.8 Å². The minimum absolute atomic E-state index is 0.842. The minimum Gasteiger partial charge on any atom is -0.497 e. The van der Waals surface area contributed by atoms with Crippen LogP contribution in [0.3, 0.4) is 0 Å². The molecule has 0 aliphatic heterocycles. The summed E-state index contributed by atoms with van der Waals surface area (Å²) in [5.74, 6) is 1.68. The zero-order chi connectivity index (χ0) is 23.6. The van der Waals surface area contributed by atoms with Crippen molar-refractivity contribution in [2.24, 2.45) is 0 Å². The van der Waals surface area contributed by atoms with Crippen molar-refractivity contribution < 1.29 is 9.47 Å². The van der Waals surface area contributed by atoms with Gasteiger partial charge in [-0.1, -0.05) is 98.3 Å². The number of ether oxygens (including phenoxy) is 2. The van der Waals surface area contributed by atoms with Gasteiger partial charge in [-0.15, -0.1) is 0 Å². The van der Waals surface area contributed by atoms with Gasteiger partial charge >= 0.3 is 0 Å². The lowest BCUT2D eigenvalue weighted by molar-refractivity contribution is 0.414. The van der Waals surface area contributed by atoms with Gasteiger partial charge in [-0.2, -0.15) is 0 Å². The van der Waals surface area contributed by atoms with Crippen LogP contribution in [0.15, 0.2) is 103 Å². The lowest BCUT2D eigenvalue weighted by Gasteiger charge is -2.18. The summed E-state index contributed by atoms with van der Waals surface area (Å²) in [7, 11) is 3.38. The third kappa shape index (κ3) is 5.72. The van der Waals surface area contributed by atoms with E-state index in [9.17, 15) is 0 Å². The van der Waals surface area contributed by atoms with Crippen molar-refractivity contribution in [3.63, 3.8) is 0 Å². The van der Waals surface area contributed by atoms with E-state index >= 15 is 0 Å². The van der Waals surface area contributed by atoms with Crippen molar-refractivity contribution in [1.29, 1.82) is 0 Å². The van der Waals surface area contributed by atoms with Crippen LogP contribution in [0.4, 0.5) is 0 Å². The molecule has 0 radical (unpaired) electrons. The number of benzene rings is 4. The second kappa shape index (κ2) is 11.7. The molecule has 2 heteroatoms. The van der Waals surface area contributed by atoms with Gasteiger partial charge in [0.1, 0.15) is 11.5 Å². The van der Waals surface area contributed by atoms with Gasteiger partial charge < -0.3 is 9.47 Å². The van der Waals surface area contributed by atoms with Crippen molar-refractivity contribution in [1.82, 2.24) is 0 Å². The van der Waals surface area contributed by atoms with E-state index in [1.807, 2.05) is 38.1 Å². The van der Waals surface area contributed by atoms with Crippen LogP contribution < -0.4 is 9.47 Å².